The second-order valence-electron chi connectivity index (χ2n) is 4.89. The highest BCUT2D eigenvalue weighted by atomic mass is 79.9. The molecule has 4 heteroatoms. The van der Waals surface area contributed by atoms with E-state index in [-0.39, 0.29) is 12.1 Å². The minimum absolute atomic E-state index is 0.0693. The predicted molar refractivity (Wildman–Crippen MR) is 73.4 cm³/mol. The van der Waals surface area contributed by atoms with Crippen molar-refractivity contribution in [2.24, 2.45) is 0 Å². The van der Waals surface area contributed by atoms with Crippen LogP contribution in [0.15, 0.2) is 34.8 Å². The van der Waals surface area contributed by atoms with E-state index in [1.165, 1.54) is 11.1 Å². The van der Waals surface area contributed by atoms with Gasteiger partial charge in [0.25, 0.3) is 0 Å². The number of rotatable bonds is 1. The van der Waals surface area contributed by atoms with Crippen LogP contribution in [-0.2, 0) is 0 Å². The van der Waals surface area contributed by atoms with Crippen LogP contribution >= 0.6 is 15.9 Å². The molecule has 0 aromatic heterocycles. The van der Waals surface area contributed by atoms with Crippen molar-refractivity contribution in [1.29, 1.82) is 0 Å². The number of hydrogen-bond donors (Lipinski definition) is 1. The van der Waals surface area contributed by atoms with Gasteiger partial charge in [-0.1, -0.05) is 34.1 Å². The summed E-state index contributed by atoms with van der Waals surface area (Å²) in [6.07, 6.45) is 4.11. The van der Waals surface area contributed by atoms with Crippen molar-refractivity contribution in [2.75, 3.05) is 0 Å². The normalized spacial score (nSPS) is 26.1. The highest BCUT2D eigenvalue weighted by Crippen LogP contribution is 2.38. The van der Waals surface area contributed by atoms with E-state index in [1.54, 1.807) is 4.90 Å². The average molecular weight is 308 g/mol. The molecule has 1 fully saturated rings. The molecule has 0 saturated carbocycles. The third-order valence-corrected chi connectivity index (χ3v) is 4.36. The summed E-state index contributed by atoms with van der Waals surface area (Å²) in [5.74, 6) is 0. The third kappa shape index (κ3) is 1.94. The molecule has 3 nitrogen and oxygen atoms in total. The summed E-state index contributed by atoms with van der Waals surface area (Å²) >= 11 is 3.43. The fourth-order valence-electron chi connectivity index (χ4n) is 3.01. The Balaban J connectivity index is 1.91. The fourth-order valence-corrected chi connectivity index (χ4v) is 3.27. The number of hydrogen-bond acceptors (Lipinski definition) is 1. The van der Waals surface area contributed by atoms with Crippen LogP contribution in [0.5, 0.6) is 0 Å². The molecular weight excluding hydrogens is 294 g/mol. The van der Waals surface area contributed by atoms with Gasteiger partial charge >= 0.3 is 6.09 Å². The largest absolute Gasteiger partial charge is 0.465 e. The molecule has 0 radical (unpaired) electrons. The molecule has 2 bridgehead atoms. The van der Waals surface area contributed by atoms with Crippen molar-refractivity contribution in [3.05, 3.63) is 40.4 Å². The predicted octanol–water partition coefficient (Wildman–Crippen LogP) is 3.75. The van der Waals surface area contributed by atoms with E-state index in [0.717, 1.165) is 23.7 Å². The summed E-state index contributed by atoms with van der Waals surface area (Å²) in [4.78, 5) is 12.8. The lowest BCUT2D eigenvalue weighted by Gasteiger charge is -2.31. The third-order valence-electron chi connectivity index (χ3n) is 3.83. The zero-order valence-electron chi connectivity index (χ0n) is 9.84. The van der Waals surface area contributed by atoms with Crippen LogP contribution in [-0.4, -0.2) is 28.2 Å². The maximum atomic E-state index is 11.2. The Kier molecular flexibility index (Phi) is 2.90. The standard InChI is InChI=1S/C14H14BrNO2/c15-11-3-1-9(2-4-11)10-7-12-5-6-13(8-10)16(12)14(17)18/h1-4,7,12-13H,5-6,8H2,(H,17,18). The van der Waals surface area contributed by atoms with Crippen LogP contribution in [0.25, 0.3) is 5.57 Å². The summed E-state index contributed by atoms with van der Waals surface area (Å²) in [5, 5.41) is 9.20. The molecular formula is C14H14BrNO2. The fraction of sp³-hybridized carbons (Fsp3) is 0.357. The van der Waals surface area contributed by atoms with Crippen molar-refractivity contribution < 1.29 is 9.90 Å². The summed E-state index contributed by atoms with van der Waals surface area (Å²) in [7, 11) is 0. The molecule has 2 heterocycles. The van der Waals surface area contributed by atoms with E-state index in [1.807, 2.05) is 12.1 Å². The second-order valence-corrected chi connectivity index (χ2v) is 5.81. The molecule has 1 aromatic rings. The van der Waals surface area contributed by atoms with Gasteiger partial charge in [0.05, 0.1) is 6.04 Å². The van der Waals surface area contributed by atoms with Crippen LogP contribution in [0.2, 0.25) is 0 Å². The first kappa shape index (κ1) is 11.8. The summed E-state index contributed by atoms with van der Waals surface area (Å²) in [5.41, 5.74) is 2.49. The summed E-state index contributed by atoms with van der Waals surface area (Å²) in [6, 6.07) is 8.47. The number of carbonyl (C=O) groups is 1. The van der Waals surface area contributed by atoms with Crippen LogP contribution in [0.1, 0.15) is 24.8 Å². The van der Waals surface area contributed by atoms with Gasteiger partial charge in [-0.15, -0.1) is 0 Å². The van der Waals surface area contributed by atoms with E-state index in [0.29, 0.717) is 0 Å². The zero-order chi connectivity index (χ0) is 12.7. The van der Waals surface area contributed by atoms with Crippen LogP contribution < -0.4 is 0 Å². The Labute approximate surface area is 114 Å². The lowest BCUT2D eigenvalue weighted by molar-refractivity contribution is 0.128. The summed E-state index contributed by atoms with van der Waals surface area (Å²) in [6.45, 7) is 0. The van der Waals surface area contributed by atoms with E-state index < -0.39 is 6.09 Å². The van der Waals surface area contributed by atoms with Gasteiger partial charge in [0.15, 0.2) is 0 Å². The van der Waals surface area contributed by atoms with Gasteiger partial charge in [-0.2, -0.15) is 0 Å². The van der Waals surface area contributed by atoms with E-state index in [9.17, 15) is 9.90 Å². The number of benzene rings is 1. The van der Waals surface area contributed by atoms with Crippen molar-refractivity contribution in [1.82, 2.24) is 4.90 Å². The molecule has 1 amide bonds. The molecule has 0 aliphatic carbocycles. The number of nitrogens with zero attached hydrogens (tertiary/aromatic N) is 1. The Bertz CT molecular complexity index is 509. The molecule has 1 aromatic carbocycles. The Morgan fingerprint density at radius 2 is 2.00 bits per heavy atom. The van der Waals surface area contributed by atoms with Crippen molar-refractivity contribution in [2.45, 2.75) is 31.3 Å². The molecule has 94 valence electrons. The Morgan fingerprint density at radius 1 is 1.28 bits per heavy atom. The topological polar surface area (TPSA) is 40.5 Å². The highest BCUT2D eigenvalue weighted by molar-refractivity contribution is 9.10. The lowest BCUT2D eigenvalue weighted by Crippen LogP contribution is -2.41. The van der Waals surface area contributed by atoms with E-state index >= 15 is 0 Å². The average Bonchev–Trinajstić information content (AvgIpc) is 2.62. The van der Waals surface area contributed by atoms with Crippen LogP contribution in [0.4, 0.5) is 4.79 Å². The summed E-state index contributed by atoms with van der Waals surface area (Å²) < 4.78 is 1.07. The maximum absolute atomic E-state index is 11.2. The van der Waals surface area contributed by atoms with Gasteiger partial charge in [-0.25, -0.2) is 4.79 Å². The highest BCUT2D eigenvalue weighted by Gasteiger charge is 2.39. The van der Waals surface area contributed by atoms with Crippen molar-refractivity contribution >= 4 is 27.6 Å². The molecule has 2 atom stereocenters. The molecule has 0 spiro atoms. The number of halogens is 1. The van der Waals surface area contributed by atoms with Gasteiger partial charge in [0, 0.05) is 10.5 Å². The number of carboxylic acid groups (broad SMARTS) is 1. The Morgan fingerprint density at radius 3 is 2.61 bits per heavy atom. The first-order valence-corrected chi connectivity index (χ1v) is 6.92. The van der Waals surface area contributed by atoms with E-state index in [4.69, 9.17) is 0 Å². The maximum Gasteiger partial charge on any atom is 0.408 e. The molecule has 1 N–H and O–H groups in total. The van der Waals surface area contributed by atoms with Gasteiger partial charge in [-0.3, -0.25) is 4.90 Å². The SMILES string of the molecule is O=C(O)N1C2C=C(c3ccc(Br)cc3)CC1CC2. The van der Waals surface area contributed by atoms with Gasteiger partial charge in [0.1, 0.15) is 0 Å². The molecule has 2 unspecified atom stereocenters. The monoisotopic (exact) mass is 307 g/mol. The van der Waals surface area contributed by atoms with E-state index in [2.05, 4.69) is 34.1 Å². The zero-order valence-corrected chi connectivity index (χ0v) is 11.4. The van der Waals surface area contributed by atoms with Gasteiger partial charge < -0.3 is 5.11 Å². The van der Waals surface area contributed by atoms with Crippen LogP contribution in [0.3, 0.4) is 0 Å². The molecule has 2 aliphatic rings. The molecule has 2 aliphatic heterocycles. The first-order valence-electron chi connectivity index (χ1n) is 6.13. The van der Waals surface area contributed by atoms with Gasteiger partial charge in [0.2, 0.25) is 0 Å². The molecule has 3 rings (SSSR count). The number of amides is 1. The minimum atomic E-state index is -0.784. The smallest absolute Gasteiger partial charge is 0.408 e. The van der Waals surface area contributed by atoms with Gasteiger partial charge in [-0.05, 0) is 42.5 Å². The van der Waals surface area contributed by atoms with Crippen molar-refractivity contribution in [3.8, 4) is 0 Å². The Hall–Kier alpha value is -1.29. The second kappa shape index (κ2) is 4.43. The number of fused-ring (bicyclic) bond motifs is 2. The quantitative estimate of drug-likeness (QED) is 0.858. The van der Waals surface area contributed by atoms with Crippen molar-refractivity contribution in [3.63, 3.8) is 0 Å². The van der Waals surface area contributed by atoms with Crippen LogP contribution in [0, 0.1) is 0 Å². The molecule has 18 heavy (non-hydrogen) atoms. The minimum Gasteiger partial charge on any atom is -0.465 e. The first-order chi connectivity index (χ1) is 8.65. The lowest BCUT2D eigenvalue weighted by atomic mass is 9.95. The molecule has 1 saturated heterocycles.